The number of ether oxygens (including phenoxy) is 1. The normalized spacial score (nSPS) is 24.3. The molecule has 1 aromatic carbocycles. The van der Waals surface area contributed by atoms with Crippen LogP contribution in [-0.2, 0) is 14.9 Å². The van der Waals surface area contributed by atoms with Crippen molar-refractivity contribution in [3.05, 3.63) is 35.4 Å². The van der Waals surface area contributed by atoms with Gasteiger partial charge >= 0.3 is 5.97 Å². The zero-order valence-corrected chi connectivity index (χ0v) is 10.2. The molecular formula is C14H15NO3. The van der Waals surface area contributed by atoms with Crippen LogP contribution in [0.4, 0.5) is 0 Å². The summed E-state index contributed by atoms with van der Waals surface area (Å²) >= 11 is 0. The maximum atomic E-state index is 11.2. The van der Waals surface area contributed by atoms with E-state index in [0.717, 1.165) is 24.0 Å². The third-order valence-corrected chi connectivity index (χ3v) is 3.64. The van der Waals surface area contributed by atoms with Crippen LogP contribution in [0.2, 0.25) is 0 Å². The lowest BCUT2D eigenvalue weighted by Gasteiger charge is -2.10. The summed E-state index contributed by atoms with van der Waals surface area (Å²) in [6, 6.07) is 7.76. The first-order chi connectivity index (χ1) is 8.62. The van der Waals surface area contributed by atoms with Crippen molar-refractivity contribution in [3.63, 3.8) is 0 Å². The molecule has 1 aliphatic carbocycles. The summed E-state index contributed by atoms with van der Waals surface area (Å²) in [5.74, 6) is -0.0625. The smallest absolute Gasteiger partial charge is 0.314 e. The van der Waals surface area contributed by atoms with Gasteiger partial charge in [-0.3, -0.25) is 4.79 Å². The van der Waals surface area contributed by atoms with E-state index >= 15 is 0 Å². The summed E-state index contributed by atoms with van der Waals surface area (Å²) in [6.45, 7) is 2.63. The number of carbonyl (C=O) groups is 1. The highest BCUT2D eigenvalue weighted by atomic mass is 16.5. The van der Waals surface area contributed by atoms with Crippen LogP contribution in [0.15, 0.2) is 29.3 Å². The largest absolute Gasteiger partial charge is 0.481 e. The highest BCUT2D eigenvalue weighted by Gasteiger charge is 2.51. The monoisotopic (exact) mass is 245 g/mol. The summed E-state index contributed by atoms with van der Waals surface area (Å²) < 4.78 is 5.47. The van der Waals surface area contributed by atoms with Crippen LogP contribution in [0.5, 0.6) is 0 Å². The first kappa shape index (κ1) is 11.3. The van der Waals surface area contributed by atoms with E-state index in [2.05, 4.69) is 4.99 Å². The van der Waals surface area contributed by atoms with E-state index in [-0.39, 0.29) is 6.04 Å². The van der Waals surface area contributed by atoms with E-state index < -0.39 is 11.4 Å². The molecule has 1 fully saturated rings. The lowest BCUT2D eigenvalue weighted by molar-refractivity contribution is -0.140. The van der Waals surface area contributed by atoms with Crippen molar-refractivity contribution < 1.29 is 14.6 Å². The van der Waals surface area contributed by atoms with Gasteiger partial charge in [-0.15, -0.1) is 0 Å². The van der Waals surface area contributed by atoms with E-state index in [0.29, 0.717) is 12.5 Å². The highest BCUT2D eigenvalue weighted by Crippen LogP contribution is 2.48. The molecule has 0 spiro atoms. The quantitative estimate of drug-likeness (QED) is 0.885. The standard InChI is InChI=1S/C14H15NO3/c1-9-8-18-12(15-9)10-2-4-11(5-3-10)14(6-7-14)13(16)17/h2-5,9H,6-8H2,1H3,(H,16,17). The molecule has 0 radical (unpaired) electrons. The lowest BCUT2D eigenvalue weighted by Crippen LogP contribution is -2.19. The Kier molecular flexibility index (Phi) is 2.40. The van der Waals surface area contributed by atoms with Crippen molar-refractivity contribution in [2.24, 2.45) is 4.99 Å². The van der Waals surface area contributed by atoms with Crippen molar-refractivity contribution >= 4 is 11.9 Å². The fourth-order valence-corrected chi connectivity index (χ4v) is 2.31. The molecule has 1 heterocycles. The van der Waals surface area contributed by atoms with Crippen molar-refractivity contribution in [2.75, 3.05) is 6.61 Å². The Hall–Kier alpha value is -1.84. The molecule has 94 valence electrons. The number of nitrogens with zero attached hydrogens (tertiary/aromatic N) is 1. The van der Waals surface area contributed by atoms with E-state index in [9.17, 15) is 9.90 Å². The van der Waals surface area contributed by atoms with Gasteiger partial charge in [0.15, 0.2) is 0 Å². The van der Waals surface area contributed by atoms with E-state index in [1.54, 1.807) is 0 Å². The molecule has 1 unspecified atom stereocenters. The van der Waals surface area contributed by atoms with Gasteiger partial charge in [0.1, 0.15) is 6.61 Å². The molecule has 1 atom stereocenters. The second-order valence-corrected chi connectivity index (χ2v) is 5.06. The third-order valence-electron chi connectivity index (χ3n) is 3.64. The third kappa shape index (κ3) is 1.68. The summed E-state index contributed by atoms with van der Waals surface area (Å²) in [4.78, 5) is 15.6. The number of carboxylic acid groups (broad SMARTS) is 1. The van der Waals surface area contributed by atoms with Crippen LogP contribution in [0.3, 0.4) is 0 Å². The second-order valence-electron chi connectivity index (χ2n) is 5.06. The topological polar surface area (TPSA) is 58.9 Å². The first-order valence-corrected chi connectivity index (χ1v) is 6.17. The van der Waals surface area contributed by atoms with Crippen LogP contribution < -0.4 is 0 Å². The Labute approximate surface area is 105 Å². The Morgan fingerprint density at radius 1 is 1.39 bits per heavy atom. The first-order valence-electron chi connectivity index (χ1n) is 6.17. The van der Waals surface area contributed by atoms with Gasteiger partial charge in [-0.25, -0.2) is 4.99 Å². The van der Waals surface area contributed by atoms with Gasteiger partial charge < -0.3 is 9.84 Å². The molecule has 1 aromatic rings. The predicted octanol–water partition coefficient (Wildman–Crippen LogP) is 1.97. The number of aliphatic imine (C=N–C) groups is 1. The van der Waals surface area contributed by atoms with Gasteiger partial charge in [-0.1, -0.05) is 12.1 Å². The lowest BCUT2D eigenvalue weighted by atomic mass is 9.95. The number of benzene rings is 1. The number of hydrogen-bond acceptors (Lipinski definition) is 3. The fourth-order valence-electron chi connectivity index (χ4n) is 2.31. The number of aliphatic carboxylic acids is 1. The molecule has 2 aliphatic rings. The molecule has 18 heavy (non-hydrogen) atoms. The molecule has 1 N–H and O–H groups in total. The molecular weight excluding hydrogens is 230 g/mol. The van der Waals surface area contributed by atoms with Gasteiger partial charge in [0.05, 0.1) is 11.5 Å². The molecule has 1 aliphatic heterocycles. The molecule has 4 nitrogen and oxygen atoms in total. The SMILES string of the molecule is CC1COC(c2ccc(C3(C(=O)O)CC3)cc2)=N1. The average Bonchev–Trinajstić information content (AvgIpc) is 3.07. The van der Waals surface area contributed by atoms with Gasteiger partial charge in [0.2, 0.25) is 5.90 Å². The minimum atomic E-state index is -0.724. The number of carboxylic acids is 1. The summed E-state index contributed by atoms with van der Waals surface area (Å²) in [5, 5.41) is 9.22. The minimum absolute atomic E-state index is 0.202. The van der Waals surface area contributed by atoms with Gasteiger partial charge in [0, 0.05) is 5.56 Å². The van der Waals surface area contributed by atoms with Crippen LogP contribution in [0.25, 0.3) is 0 Å². The van der Waals surface area contributed by atoms with Gasteiger partial charge in [-0.2, -0.15) is 0 Å². The van der Waals surface area contributed by atoms with Crippen LogP contribution in [0, 0.1) is 0 Å². The van der Waals surface area contributed by atoms with E-state index in [1.165, 1.54) is 0 Å². The highest BCUT2D eigenvalue weighted by molar-refractivity contribution is 5.95. The Balaban J connectivity index is 1.86. The van der Waals surface area contributed by atoms with E-state index in [4.69, 9.17) is 4.74 Å². The van der Waals surface area contributed by atoms with Gasteiger partial charge in [-0.05, 0) is 37.5 Å². The molecule has 0 aromatic heterocycles. The minimum Gasteiger partial charge on any atom is -0.481 e. The maximum Gasteiger partial charge on any atom is 0.314 e. The number of hydrogen-bond donors (Lipinski definition) is 1. The molecule has 0 bridgehead atoms. The van der Waals surface area contributed by atoms with E-state index in [1.807, 2.05) is 31.2 Å². The molecule has 3 rings (SSSR count). The van der Waals surface area contributed by atoms with Crippen molar-refractivity contribution in [1.82, 2.24) is 0 Å². The van der Waals surface area contributed by atoms with Crippen molar-refractivity contribution in [3.8, 4) is 0 Å². The second kappa shape index (κ2) is 3.83. The average molecular weight is 245 g/mol. The van der Waals surface area contributed by atoms with Crippen LogP contribution in [-0.4, -0.2) is 29.6 Å². The Bertz CT molecular complexity index is 514. The fraction of sp³-hybridized carbons (Fsp3) is 0.429. The van der Waals surface area contributed by atoms with Crippen molar-refractivity contribution in [1.29, 1.82) is 0 Å². The maximum absolute atomic E-state index is 11.2. The molecule has 0 amide bonds. The predicted molar refractivity (Wildman–Crippen MR) is 66.9 cm³/mol. The summed E-state index contributed by atoms with van der Waals surface area (Å²) in [6.07, 6.45) is 1.46. The summed E-state index contributed by atoms with van der Waals surface area (Å²) in [7, 11) is 0. The van der Waals surface area contributed by atoms with Gasteiger partial charge in [0.25, 0.3) is 0 Å². The molecule has 1 saturated carbocycles. The summed E-state index contributed by atoms with van der Waals surface area (Å²) in [5.41, 5.74) is 1.17. The zero-order valence-electron chi connectivity index (χ0n) is 10.2. The van der Waals surface area contributed by atoms with Crippen LogP contribution in [0.1, 0.15) is 30.9 Å². The Morgan fingerprint density at radius 3 is 2.50 bits per heavy atom. The number of rotatable bonds is 3. The zero-order chi connectivity index (χ0) is 12.8. The Morgan fingerprint density at radius 2 is 2.06 bits per heavy atom. The van der Waals surface area contributed by atoms with Crippen LogP contribution >= 0.6 is 0 Å². The molecule has 0 saturated heterocycles. The van der Waals surface area contributed by atoms with Crippen molar-refractivity contribution in [2.45, 2.75) is 31.2 Å². The molecule has 4 heteroatoms.